The van der Waals surface area contributed by atoms with Crippen molar-refractivity contribution in [2.45, 2.75) is 12.5 Å². The lowest BCUT2D eigenvalue weighted by atomic mass is 10.1. The second-order valence-corrected chi connectivity index (χ2v) is 6.76. The lowest BCUT2D eigenvalue weighted by Crippen LogP contribution is -2.23. The number of nitrogens with one attached hydrogen (secondary N) is 1. The number of halogens is 1. The molecule has 0 aliphatic rings. The third-order valence-electron chi connectivity index (χ3n) is 3.31. The number of thiophene rings is 2. The minimum atomic E-state index is -0.166. The van der Waals surface area contributed by atoms with Gasteiger partial charge in [0.1, 0.15) is 5.82 Å². The Kier molecular flexibility index (Phi) is 4.80. The summed E-state index contributed by atoms with van der Waals surface area (Å²) in [5, 5.41) is 7.79. The third kappa shape index (κ3) is 3.79. The van der Waals surface area contributed by atoms with E-state index in [1.807, 2.05) is 6.07 Å². The van der Waals surface area contributed by atoms with Crippen LogP contribution in [0.15, 0.2) is 59.3 Å². The van der Waals surface area contributed by atoms with Crippen molar-refractivity contribution in [2.24, 2.45) is 0 Å². The highest BCUT2D eigenvalue weighted by Crippen LogP contribution is 2.29. The molecule has 0 spiro atoms. The van der Waals surface area contributed by atoms with E-state index in [0.29, 0.717) is 0 Å². The van der Waals surface area contributed by atoms with Crippen molar-refractivity contribution in [3.05, 3.63) is 80.4 Å². The molecular formula is C17H16FNS2. The monoisotopic (exact) mass is 317 g/mol. The van der Waals surface area contributed by atoms with Crippen molar-refractivity contribution in [2.75, 3.05) is 6.54 Å². The number of hydrogen-bond donors (Lipinski definition) is 1. The first-order chi connectivity index (χ1) is 10.3. The van der Waals surface area contributed by atoms with Gasteiger partial charge in [-0.15, -0.1) is 22.7 Å². The minimum Gasteiger partial charge on any atom is -0.305 e. The van der Waals surface area contributed by atoms with Crippen molar-refractivity contribution in [3.8, 4) is 0 Å². The molecule has 0 saturated heterocycles. The Balaban J connectivity index is 1.66. The van der Waals surface area contributed by atoms with Gasteiger partial charge in [0.05, 0.1) is 6.04 Å². The zero-order valence-electron chi connectivity index (χ0n) is 11.5. The minimum absolute atomic E-state index is 0.166. The smallest absolute Gasteiger partial charge is 0.123 e. The molecule has 1 aromatic carbocycles. The van der Waals surface area contributed by atoms with Crippen molar-refractivity contribution in [1.82, 2.24) is 5.32 Å². The Morgan fingerprint density at radius 3 is 2.24 bits per heavy atom. The summed E-state index contributed by atoms with van der Waals surface area (Å²) in [6.07, 6.45) is 0.824. The fourth-order valence-electron chi connectivity index (χ4n) is 2.31. The predicted molar refractivity (Wildman–Crippen MR) is 88.6 cm³/mol. The first-order valence-corrected chi connectivity index (χ1v) is 8.63. The van der Waals surface area contributed by atoms with E-state index >= 15 is 0 Å². The van der Waals surface area contributed by atoms with Crippen LogP contribution in [0.4, 0.5) is 4.39 Å². The Hall–Kier alpha value is -1.49. The molecule has 0 bridgehead atoms. The van der Waals surface area contributed by atoms with Crippen LogP contribution in [-0.2, 0) is 6.42 Å². The highest BCUT2D eigenvalue weighted by atomic mass is 32.1. The lowest BCUT2D eigenvalue weighted by Gasteiger charge is -2.16. The summed E-state index contributed by atoms with van der Waals surface area (Å²) in [6, 6.07) is 15.5. The molecule has 21 heavy (non-hydrogen) atoms. The summed E-state index contributed by atoms with van der Waals surface area (Å²) in [5.41, 5.74) is 1.03. The largest absolute Gasteiger partial charge is 0.305 e. The summed E-state index contributed by atoms with van der Waals surface area (Å²) in [4.78, 5) is 2.63. The van der Waals surface area contributed by atoms with Gasteiger partial charge in [0.2, 0.25) is 0 Å². The summed E-state index contributed by atoms with van der Waals surface area (Å²) in [6.45, 7) is 0.823. The summed E-state index contributed by atoms with van der Waals surface area (Å²) < 4.78 is 13.2. The van der Waals surface area contributed by atoms with Crippen molar-refractivity contribution >= 4 is 22.7 Å². The van der Waals surface area contributed by atoms with Gasteiger partial charge >= 0.3 is 0 Å². The van der Waals surface area contributed by atoms with Gasteiger partial charge in [-0.1, -0.05) is 24.3 Å². The standard InChI is InChI=1S/C17H16FNS2/c18-14-5-1-4-13(12-14)8-9-19-17(15-6-2-10-20-15)16-7-3-11-21-16/h1-7,10-12,17,19H,8-9H2. The Morgan fingerprint density at radius 1 is 0.952 bits per heavy atom. The van der Waals surface area contributed by atoms with Crippen LogP contribution in [-0.4, -0.2) is 6.54 Å². The van der Waals surface area contributed by atoms with Crippen LogP contribution in [0.25, 0.3) is 0 Å². The predicted octanol–water partition coefficient (Wildman–Crippen LogP) is 4.87. The molecule has 0 saturated carbocycles. The molecule has 0 amide bonds. The molecule has 0 radical (unpaired) electrons. The Labute approximate surface area is 132 Å². The molecule has 0 aliphatic carbocycles. The molecule has 1 nitrogen and oxygen atoms in total. The van der Waals surface area contributed by atoms with Crippen molar-refractivity contribution < 1.29 is 4.39 Å². The quantitative estimate of drug-likeness (QED) is 0.684. The SMILES string of the molecule is Fc1cccc(CCNC(c2cccs2)c2cccs2)c1. The van der Waals surface area contributed by atoms with Gasteiger partial charge in [0.15, 0.2) is 0 Å². The Morgan fingerprint density at radius 2 is 1.67 bits per heavy atom. The maximum Gasteiger partial charge on any atom is 0.123 e. The maximum atomic E-state index is 13.2. The molecular weight excluding hydrogens is 301 g/mol. The molecule has 0 unspecified atom stereocenters. The first-order valence-electron chi connectivity index (χ1n) is 6.87. The summed E-state index contributed by atoms with van der Waals surface area (Å²) in [7, 11) is 0. The molecule has 0 aliphatic heterocycles. The van der Waals surface area contributed by atoms with Gasteiger partial charge in [-0.2, -0.15) is 0 Å². The molecule has 0 fully saturated rings. The molecule has 3 rings (SSSR count). The lowest BCUT2D eigenvalue weighted by molar-refractivity contribution is 0.610. The topological polar surface area (TPSA) is 12.0 Å². The van der Waals surface area contributed by atoms with E-state index in [-0.39, 0.29) is 11.9 Å². The molecule has 2 aromatic heterocycles. The summed E-state index contributed by atoms with van der Waals surface area (Å²) in [5.74, 6) is -0.166. The maximum absolute atomic E-state index is 13.2. The fraction of sp³-hybridized carbons (Fsp3) is 0.176. The van der Waals surface area contributed by atoms with Crippen LogP contribution < -0.4 is 5.32 Å². The molecule has 3 aromatic rings. The third-order valence-corrected chi connectivity index (χ3v) is 5.18. The number of rotatable bonds is 6. The van der Waals surface area contributed by atoms with Crippen LogP contribution >= 0.6 is 22.7 Å². The number of hydrogen-bond acceptors (Lipinski definition) is 3. The zero-order valence-corrected chi connectivity index (χ0v) is 13.1. The highest BCUT2D eigenvalue weighted by Gasteiger charge is 2.15. The summed E-state index contributed by atoms with van der Waals surface area (Å²) >= 11 is 3.52. The zero-order chi connectivity index (χ0) is 14.5. The van der Waals surface area contributed by atoms with Crippen LogP contribution in [0.1, 0.15) is 21.4 Å². The van der Waals surface area contributed by atoms with Crippen LogP contribution in [0.5, 0.6) is 0 Å². The first kappa shape index (κ1) is 14.4. The second-order valence-electron chi connectivity index (χ2n) is 4.80. The molecule has 1 N–H and O–H groups in total. The van der Waals surface area contributed by atoms with Gasteiger partial charge in [-0.25, -0.2) is 4.39 Å². The van der Waals surface area contributed by atoms with E-state index in [1.165, 1.54) is 15.8 Å². The normalized spacial score (nSPS) is 11.1. The van der Waals surface area contributed by atoms with E-state index in [2.05, 4.69) is 40.3 Å². The van der Waals surface area contributed by atoms with Crippen LogP contribution in [0, 0.1) is 5.82 Å². The van der Waals surface area contributed by atoms with E-state index in [1.54, 1.807) is 34.8 Å². The van der Waals surface area contributed by atoms with Gasteiger partial charge in [0.25, 0.3) is 0 Å². The molecule has 0 atom stereocenters. The average Bonchev–Trinajstić information content (AvgIpc) is 3.17. The highest BCUT2D eigenvalue weighted by molar-refractivity contribution is 7.11. The van der Waals surface area contributed by atoms with E-state index in [9.17, 15) is 4.39 Å². The molecule has 2 heterocycles. The van der Waals surface area contributed by atoms with Crippen molar-refractivity contribution in [1.29, 1.82) is 0 Å². The second kappa shape index (κ2) is 6.98. The fourth-order valence-corrected chi connectivity index (χ4v) is 4.02. The van der Waals surface area contributed by atoms with Gasteiger partial charge < -0.3 is 5.32 Å². The van der Waals surface area contributed by atoms with E-state index in [4.69, 9.17) is 0 Å². The van der Waals surface area contributed by atoms with Gasteiger partial charge in [0, 0.05) is 16.3 Å². The molecule has 108 valence electrons. The van der Waals surface area contributed by atoms with E-state index in [0.717, 1.165) is 18.5 Å². The number of benzene rings is 1. The van der Waals surface area contributed by atoms with Crippen molar-refractivity contribution in [3.63, 3.8) is 0 Å². The van der Waals surface area contributed by atoms with E-state index < -0.39 is 0 Å². The molecule has 4 heteroatoms. The average molecular weight is 317 g/mol. The van der Waals surface area contributed by atoms with Gasteiger partial charge in [-0.05, 0) is 47.0 Å². The van der Waals surface area contributed by atoms with Crippen LogP contribution in [0.3, 0.4) is 0 Å². The van der Waals surface area contributed by atoms with Gasteiger partial charge in [-0.3, -0.25) is 0 Å². The Bertz CT molecular complexity index is 628. The van der Waals surface area contributed by atoms with Crippen LogP contribution in [0.2, 0.25) is 0 Å².